The highest BCUT2D eigenvalue weighted by molar-refractivity contribution is 5.67. The molecule has 3 heterocycles. The van der Waals surface area contributed by atoms with Crippen LogP contribution in [0.25, 0.3) is 11.3 Å². The first-order chi connectivity index (χ1) is 13.6. The van der Waals surface area contributed by atoms with Crippen LogP contribution in [0.2, 0.25) is 0 Å². The predicted octanol–water partition coefficient (Wildman–Crippen LogP) is 3.07. The summed E-state index contributed by atoms with van der Waals surface area (Å²) in [4.78, 5) is 6.26. The molecular formula is C21H24FN5O. The summed E-state index contributed by atoms with van der Waals surface area (Å²) in [6.45, 7) is 7.92. The molecule has 1 N–H and O–H groups in total. The van der Waals surface area contributed by atoms with Gasteiger partial charge in [-0.15, -0.1) is 0 Å². The third-order valence-electron chi connectivity index (χ3n) is 5.89. The molecule has 2 aromatic rings. The summed E-state index contributed by atoms with van der Waals surface area (Å²) in [7, 11) is 0. The van der Waals surface area contributed by atoms with Gasteiger partial charge in [-0.25, -0.2) is 14.1 Å². The predicted molar refractivity (Wildman–Crippen MR) is 108 cm³/mol. The minimum absolute atomic E-state index is 0.369. The number of fused-ring (bicyclic) bond motifs is 1. The van der Waals surface area contributed by atoms with Gasteiger partial charge in [-0.2, -0.15) is 5.10 Å². The van der Waals surface area contributed by atoms with Gasteiger partial charge in [0.2, 0.25) is 5.88 Å². The van der Waals surface area contributed by atoms with Crippen molar-refractivity contribution < 1.29 is 9.13 Å². The van der Waals surface area contributed by atoms with Gasteiger partial charge in [-0.05, 0) is 50.7 Å². The summed E-state index contributed by atoms with van der Waals surface area (Å²) >= 11 is 0. The molecule has 0 unspecified atom stereocenters. The Hall–Kier alpha value is -2.67. The van der Waals surface area contributed by atoms with E-state index in [4.69, 9.17) is 9.84 Å². The van der Waals surface area contributed by atoms with Gasteiger partial charge >= 0.3 is 0 Å². The van der Waals surface area contributed by atoms with Crippen LogP contribution in [-0.4, -0.2) is 47.8 Å². The molecule has 0 amide bonds. The maximum atomic E-state index is 12.9. The van der Waals surface area contributed by atoms with Crippen molar-refractivity contribution in [1.82, 2.24) is 15.1 Å². The zero-order valence-electron chi connectivity index (χ0n) is 15.9. The van der Waals surface area contributed by atoms with Crippen LogP contribution in [0, 0.1) is 0 Å². The van der Waals surface area contributed by atoms with Gasteiger partial charge in [-0.3, -0.25) is 0 Å². The Balaban J connectivity index is 1.24. The number of aliphatic imine (C=N–C) groups is 1. The van der Waals surface area contributed by atoms with Gasteiger partial charge in [0.05, 0.1) is 5.69 Å². The van der Waals surface area contributed by atoms with Gasteiger partial charge < -0.3 is 15.0 Å². The number of allylic oxidation sites excluding steroid dienone is 1. The van der Waals surface area contributed by atoms with E-state index in [1.807, 2.05) is 17.8 Å². The number of anilines is 1. The fraction of sp³-hybridized carbons (Fsp3) is 0.429. The van der Waals surface area contributed by atoms with Crippen LogP contribution in [0.5, 0.6) is 0 Å². The number of hydrogen-bond acceptors (Lipinski definition) is 5. The first kappa shape index (κ1) is 17.4. The number of ether oxygens (including phenoxy) is 1. The molecular weight excluding hydrogens is 357 g/mol. The smallest absolute Gasteiger partial charge is 0.218 e. The topological polar surface area (TPSA) is 54.7 Å². The first-order valence-electron chi connectivity index (χ1n) is 9.75. The third-order valence-corrected chi connectivity index (χ3v) is 5.89. The SMILES string of the molecule is C=NC1=C(C)c2nn(-c3ccc(N4CC(NC5CC(F)C5)C4)cc3)cc2CO1. The zero-order chi connectivity index (χ0) is 19.3. The summed E-state index contributed by atoms with van der Waals surface area (Å²) in [5.74, 6) is 0.554. The highest BCUT2D eigenvalue weighted by Crippen LogP contribution is 2.30. The van der Waals surface area contributed by atoms with Crippen molar-refractivity contribution in [3.63, 3.8) is 0 Å². The molecule has 6 nitrogen and oxygen atoms in total. The van der Waals surface area contributed by atoms with Gasteiger partial charge in [-0.1, -0.05) is 0 Å². The number of rotatable bonds is 5. The van der Waals surface area contributed by atoms with Crippen LogP contribution in [0.15, 0.2) is 41.3 Å². The number of hydrogen-bond donors (Lipinski definition) is 1. The van der Waals surface area contributed by atoms with Crippen LogP contribution in [0.1, 0.15) is 31.0 Å². The molecule has 28 heavy (non-hydrogen) atoms. The van der Waals surface area contributed by atoms with E-state index in [-0.39, 0.29) is 0 Å². The van der Waals surface area contributed by atoms with E-state index in [2.05, 4.69) is 46.2 Å². The van der Waals surface area contributed by atoms with Crippen molar-refractivity contribution in [2.75, 3.05) is 18.0 Å². The second-order valence-electron chi connectivity index (χ2n) is 7.88. The third kappa shape index (κ3) is 2.99. The molecule has 0 atom stereocenters. The quantitative estimate of drug-likeness (QED) is 0.809. The van der Waals surface area contributed by atoms with Crippen LogP contribution in [0.3, 0.4) is 0 Å². The van der Waals surface area contributed by atoms with Crippen molar-refractivity contribution in [1.29, 1.82) is 0 Å². The van der Waals surface area contributed by atoms with Gasteiger partial charge in [0.15, 0.2) is 0 Å². The Morgan fingerprint density at radius 1 is 1.18 bits per heavy atom. The fourth-order valence-corrected chi connectivity index (χ4v) is 4.11. The van der Waals surface area contributed by atoms with Gasteiger partial charge in [0, 0.05) is 48.2 Å². The maximum absolute atomic E-state index is 12.9. The number of alkyl halides is 1. The molecule has 1 aliphatic carbocycles. The summed E-state index contributed by atoms with van der Waals surface area (Å²) in [6, 6.07) is 9.26. The maximum Gasteiger partial charge on any atom is 0.218 e. The average Bonchev–Trinajstić information content (AvgIpc) is 3.08. The molecule has 0 spiro atoms. The summed E-state index contributed by atoms with van der Waals surface area (Å²) < 4.78 is 20.4. The van der Waals surface area contributed by atoms with E-state index in [1.165, 1.54) is 5.69 Å². The average molecular weight is 381 g/mol. The molecule has 7 heteroatoms. The Bertz CT molecular complexity index is 923. The van der Waals surface area contributed by atoms with E-state index >= 15 is 0 Å². The molecule has 2 fully saturated rings. The normalized spacial score (nSPS) is 24.3. The molecule has 1 aromatic heterocycles. The summed E-state index contributed by atoms with van der Waals surface area (Å²) in [5.41, 5.74) is 5.10. The van der Waals surface area contributed by atoms with E-state index < -0.39 is 6.17 Å². The van der Waals surface area contributed by atoms with E-state index in [0.717, 1.165) is 35.6 Å². The van der Waals surface area contributed by atoms with E-state index in [1.54, 1.807) is 0 Å². The summed E-state index contributed by atoms with van der Waals surface area (Å²) in [5, 5.41) is 8.25. The number of nitrogens with one attached hydrogen (secondary N) is 1. The lowest BCUT2D eigenvalue weighted by molar-refractivity contribution is 0.141. The van der Waals surface area contributed by atoms with E-state index in [0.29, 0.717) is 37.4 Å². The minimum atomic E-state index is -0.598. The van der Waals surface area contributed by atoms with Crippen LogP contribution in [0.4, 0.5) is 10.1 Å². The number of benzene rings is 1. The lowest BCUT2D eigenvalue weighted by atomic mass is 9.89. The standard InChI is InChI=1S/C21H24FN5O/c1-13-20-14(12-28-21(13)23-2)9-27(25-20)19-5-3-18(4-6-19)26-10-17(11-26)24-16-7-15(22)8-16/h3-6,9,15-17,24H,2,7-8,10-12H2,1H3. The number of nitrogens with zero attached hydrogens (tertiary/aromatic N) is 4. The lowest BCUT2D eigenvalue weighted by Gasteiger charge is -2.45. The van der Waals surface area contributed by atoms with Crippen molar-refractivity contribution in [3.8, 4) is 5.69 Å². The number of aromatic nitrogens is 2. The molecule has 146 valence electrons. The van der Waals surface area contributed by atoms with Crippen molar-refractivity contribution in [2.45, 2.75) is 44.6 Å². The zero-order valence-corrected chi connectivity index (χ0v) is 15.9. The lowest BCUT2D eigenvalue weighted by Crippen LogP contribution is -2.62. The Morgan fingerprint density at radius 2 is 1.89 bits per heavy atom. The Morgan fingerprint density at radius 3 is 2.57 bits per heavy atom. The monoisotopic (exact) mass is 381 g/mol. The molecule has 2 aliphatic heterocycles. The Kier molecular flexibility index (Phi) is 4.19. The van der Waals surface area contributed by atoms with Crippen LogP contribution in [-0.2, 0) is 11.3 Å². The van der Waals surface area contributed by atoms with Gasteiger partial charge in [0.1, 0.15) is 18.5 Å². The van der Waals surface area contributed by atoms with Crippen molar-refractivity contribution >= 4 is 18.0 Å². The van der Waals surface area contributed by atoms with E-state index in [9.17, 15) is 4.39 Å². The molecule has 1 saturated heterocycles. The number of halogens is 1. The van der Waals surface area contributed by atoms with Crippen molar-refractivity contribution in [3.05, 3.63) is 47.6 Å². The second kappa shape index (κ2) is 6.74. The summed E-state index contributed by atoms with van der Waals surface area (Å²) in [6.07, 6.45) is 2.75. The van der Waals surface area contributed by atoms with Crippen LogP contribution >= 0.6 is 0 Å². The fourth-order valence-electron chi connectivity index (χ4n) is 4.11. The van der Waals surface area contributed by atoms with Crippen LogP contribution < -0.4 is 10.2 Å². The highest BCUT2D eigenvalue weighted by Gasteiger charge is 2.34. The van der Waals surface area contributed by atoms with Gasteiger partial charge in [0.25, 0.3) is 0 Å². The highest BCUT2D eigenvalue weighted by atomic mass is 19.1. The molecule has 0 radical (unpaired) electrons. The molecule has 1 saturated carbocycles. The largest absolute Gasteiger partial charge is 0.472 e. The first-order valence-corrected chi connectivity index (χ1v) is 9.75. The second-order valence-corrected chi connectivity index (χ2v) is 7.88. The minimum Gasteiger partial charge on any atom is -0.472 e. The molecule has 5 rings (SSSR count). The van der Waals surface area contributed by atoms with Crippen molar-refractivity contribution in [2.24, 2.45) is 4.99 Å². The molecule has 1 aromatic carbocycles. The molecule has 3 aliphatic rings. The Labute approximate surface area is 163 Å². The molecule has 0 bridgehead atoms.